The second-order valence-electron chi connectivity index (χ2n) is 6.94. The number of carbonyl (C=O) groups is 1. The van der Waals surface area contributed by atoms with E-state index in [2.05, 4.69) is 10.2 Å². The van der Waals surface area contributed by atoms with Gasteiger partial charge < -0.3 is 14.8 Å². The third kappa shape index (κ3) is 5.31. The first-order chi connectivity index (χ1) is 12.5. The topological polar surface area (TPSA) is 50.8 Å². The Morgan fingerprint density at radius 1 is 1.12 bits per heavy atom. The first-order valence-electron chi connectivity index (χ1n) is 9.00. The van der Waals surface area contributed by atoms with Gasteiger partial charge in [-0.25, -0.2) is 0 Å². The van der Waals surface area contributed by atoms with Crippen molar-refractivity contribution in [3.8, 4) is 11.5 Å². The number of ether oxygens (including phenoxy) is 2. The Labute approximate surface area is 154 Å². The van der Waals surface area contributed by atoms with Crippen LogP contribution in [0.3, 0.4) is 0 Å². The summed E-state index contributed by atoms with van der Waals surface area (Å²) in [5.74, 6) is 1.53. The Kier molecular flexibility index (Phi) is 5.91. The van der Waals surface area contributed by atoms with Crippen molar-refractivity contribution in [2.24, 2.45) is 0 Å². The lowest BCUT2D eigenvalue weighted by atomic mass is 10.2. The van der Waals surface area contributed by atoms with Crippen molar-refractivity contribution in [3.05, 3.63) is 54.1 Å². The molecule has 5 heteroatoms. The fourth-order valence-electron chi connectivity index (χ4n) is 3.24. The predicted octanol–water partition coefficient (Wildman–Crippen LogP) is 3.84. The van der Waals surface area contributed by atoms with E-state index in [1.54, 1.807) is 0 Å². The van der Waals surface area contributed by atoms with E-state index >= 15 is 0 Å². The third-order valence-electron chi connectivity index (χ3n) is 4.23. The van der Waals surface area contributed by atoms with Gasteiger partial charge >= 0.3 is 0 Å². The standard InChI is InChI=1S/C21H26N2O3/c1-15-5-4-6-20(11-15)26-19-9-7-18(8-10-19)22-21(24)14-23-12-16(2)25-17(3)13-23/h4-11,16-17H,12-14H2,1-3H3,(H,22,24). The van der Waals surface area contributed by atoms with Gasteiger partial charge in [0.1, 0.15) is 11.5 Å². The molecule has 2 atom stereocenters. The monoisotopic (exact) mass is 354 g/mol. The summed E-state index contributed by atoms with van der Waals surface area (Å²) in [6.07, 6.45) is 0.314. The maximum atomic E-state index is 12.3. The summed E-state index contributed by atoms with van der Waals surface area (Å²) in [6.45, 7) is 8.03. The molecule has 1 fully saturated rings. The molecular formula is C21H26N2O3. The van der Waals surface area contributed by atoms with Crippen LogP contribution in [-0.4, -0.2) is 42.6 Å². The van der Waals surface area contributed by atoms with Gasteiger partial charge in [-0.2, -0.15) is 0 Å². The molecule has 1 N–H and O–H groups in total. The third-order valence-corrected chi connectivity index (χ3v) is 4.23. The fourth-order valence-corrected chi connectivity index (χ4v) is 3.24. The number of rotatable bonds is 5. The van der Waals surface area contributed by atoms with Crippen LogP contribution in [0, 0.1) is 6.92 Å². The highest BCUT2D eigenvalue weighted by atomic mass is 16.5. The molecule has 2 unspecified atom stereocenters. The van der Waals surface area contributed by atoms with E-state index < -0.39 is 0 Å². The minimum absolute atomic E-state index is 0.0151. The first kappa shape index (κ1) is 18.4. The van der Waals surface area contributed by atoms with E-state index in [1.165, 1.54) is 0 Å². The van der Waals surface area contributed by atoms with Gasteiger partial charge in [0.2, 0.25) is 5.91 Å². The number of nitrogens with zero attached hydrogens (tertiary/aromatic N) is 1. The highest BCUT2D eigenvalue weighted by Crippen LogP contribution is 2.23. The smallest absolute Gasteiger partial charge is 0.238 e. The zero-order valence-corrected chi connectivity index (χ0v) is 15.6. The fraction of sp³-hybridized carbons (Fsp3) is 0.381. The molecule has 1 aliphatic rings. The van der Waals surface area contributed by atoms with Crippen LogP contribution >= 0.6 is 0 Å². The summed E-state index contributed by atoms with van der Waals surface area (Å²) in [5.41, 5.74) is 1.92. The molecule has 0 saturated carbocycles. The van der Waals surface area contributed by atoms with Crippen molar-refractivity contribution in [2.45, 2.75) is 33.0 Å². The highest BCUT2D eigenvalue weighted by Gasteiger charge is 2.23. The minimum atomic E-state index is -0.0151. The molecule has 3 rings (SSSR count). The van der Waals surface area contributed by atoms with E-state index in [1.807, 2.05) is 69.3 Å². The number of anilines is 1. The van der Waals surface area contributed by atoms with Crippen molar-refractivity contribution >= 4 is 11.6 Å². The van der Waals surface area contributed by atoms with Crippen LogP contribution in [0.1, 0.15) is 19.4 Å². The lowest BCUT2D eigenvalue weighted by molar-refractivity contribution is -0.121. The summed E-state index contributed by atoms with van der Waals surface area (Å²) >= 11 is 0. The van der Waals surface area contributed by atoms with E-state index in [9.17, 15) is 4.79 Å². The molecule has 26 heavy (non-hydrogen) atoms. The number of carbonyl (C=O) groups excluding carboxylic acids is 1. The summed E-state index contributed by atoms with van der Waals surface area (Å²) in [5, 5.41) is 2.94. The summed E-state index contributed by atoms with van der Waals surface area (Å²) < 4.78 is 11.5. The van der Waals surface area contributed by atoms with E-state index in [4.69, 9.17) is 9.47 Å². The lowest BCUT2D eigenvalue weighted by Crippen LogP contribution is -2.48. The van der Waals surface area contributed by atoms with Gasteiger partial charge in [0.25, 0.3) is 0 Å². The molecule has 1 aliphatic heterocycles. The summed E-state index contributed by atoms with van der Waals surface area (Å²) in [4.78, 5) is 14.4. The molecule has 2 aromatic rings. The van der Waals surface area contributed by atoms with Crippen molar-refractivity contribution in [1.29, 1.82) is 0 Å². The van der Waals surface area contributed by atoms with Crippen LogP contribution in [-0.2, 0) is 9.53 Å². The normalized spacial score (nSPS) is 20.6. The Hall–Kier alpha value is -2.37. The van der Waals surface area contributed by atoms with Gasteiger partial charge in [0.05, 0.1) is 18.8 Å². The molecule has 0 radical (unpaired) electrons. The number of hydrogen-bond acceptors (Lipinski definition) is 4. The average molecular weight is 354 g/mol. The second-order valence-corrected chi connectivity index (χ2v) is 6.94. The molecule has 2 aromatic carbocycles. The van der Waals surface area contributed by atoms with Crippen LogP contribution in [0.2, 0.25) is 0 Å². The minimum Gasteiger partial charge on any atom is -0.457 e. The first-order valence-corrected chi connectivity index (χ1v) is 9.00. The lowest BCUT2D eigenvalue weighted by Gasteiger charge is -2.34. The summed E-state index contributed by atoms with van der Waals surface area (Å²) in [7, 11) is 0. The van der Waals surface area contributed by atoms with E-state index in [-0.39, 0.29) is 18.1 Å². The van der Waals surface area contributed by atoms with E-state index in [0.717, 1.165) is 35.8 Å². The largest absolute Gasteiger partial charge is 0.457 e. The van der Waals surface area contributed by atoms with Crippen LogP contribution < -0.4 is 10.1 Å². The summed E-state index contributed by atoms with van der Waals surface area (Å²) in [6, 6.07) is 15.3. The average Bonchev–Trinajstić information content (AvgIpc) is 2.55. The molecule has 1 amide bonds. The van der Waals surface area contributed by atoms with Crippen molar-refractivity contribution in [3.63, 3.8) is 0 Å². The number of morpholine rings is 1. The number of benzene rings is 2. The molecule has 0 bridgehead atoms. The van der Waals surface area contributed by atoms with Gasteiger partial charge in [-0.3, -0.25) is 9.69 Å². The zero-order chi connectivity index (χ0) is 18.5. The molecule has 1 saturated heterocycles. The predicted molar refractivity (Wildman–Crippen MR) is 103 cm³/mol. The van der Waals surface area contributed by atoms with E-state index in [0.29, 0.717) is 6.54 Å². The molecular weight excluding hydrogens is 328 g/mol. The zero-order valence-electron chi connectivity index (χ0n) is 15.6. The Bertz CT molecular complexity index is 735. The molecule has 0 aromatic heterocycles. The Morgan fingerprint density at radius 2 is 1.81 bits per heavy atom. The molecule has 1 heterocycles. The Balaban J connectivity index is 1.53. The molecule has 0 spiro atoms. The van der Waals surface area contributed by atoms with Gasteiger partial charge in [-0.15, -0.1) is 0 Å². The number of amides is 1. The van der Waals surface area contributed by atoms with Crippen LogP contribution in [0.15, 0.2) is 48.5 Å². The molecule has 138 valence electrons. The SMILES string of the molecule is Cc1cccc(Oc2ccc(NC(=O)CN3CC(C)OC(C)C3)cc2)c1. The van der Waals surface area contributed by atoms with Crippen molar-refractivity contribution in [2.75, 3.05) is 25.0 Å². The molecule has 5 nitrogen and oxygen atoms in total. The van der Waals surface area contributed by atoms with Gasteiger partial charge in [0.15, 0.2) is 0 Å². The van der Waals surface area contributed by atoms with Gasteiger partial charge in [-0.1, -0.05) is 12.1 Å². The van der Waals surface area contributed by atoms with Crippen LogP contribution in [0.25, 0.3) is 0 Å². The van der Waals surface area contributed by atoms with Crippen molar-refractivity contribution < 1.29 is 14.3 Å². The molecule has 0 aliphatic carbocycles. The number of aryl methyl sites for hydroxylation is 1. The quantitative estimate of drug-likeness (QED) is 0.886. The van der Waals surface area contributed by atoms with Gasteiger partial charge in [0, 0.05) is 18.8 Å². The van der Waals surface area contributed by atoms with Crippen LogP contribution in [0.4, 0.5) is 5.69 Å². The maximum Gasteiger partial charge on any atom is 0.238 e. The maximum absolute atomic E-state index is 12.3. The number of hydrogen-bond donors (Lipinski definition) is 1. The van der Waals surface area contributed by atoms with Crippen LogP contribution in [0.5, 0.6) is 11.5 Å². The van der Waals surface area contributed by atoms with Gasteiger partial charge in [-0.05, 0) is 62.7 Å². The highest BCUT2D eigenvalue weighted by molar-refractivity contribution is 5.92. The second kappa shape index (κ2) is 8.34. The van der Waals surface area contributed by atoms with Crippen molar-refractivity contribution in [1.82, 2.24) is 4.90 Å². The Morgan fingerprint density at radius 3 is 2.46 bits per heavy atom. The number of nitrogens with one attached hydrogen (secondary N) is 1.